The fraction of sp³-hybridized carbons (Fsp3) is 0.222. The molecule has 0 aliphatic rings. The standard InChI is InChI=1S/C18H19FN2O2/c1-12-4-5-14(13-6-8-16(19)9-7-13)10-15(12)11-17(21-23-3)18(22)20-2/h4-10H,11H2,1-3H3,(H,20,22). The maximum Gasteiger partial charge on any atom is 0.269 e. The lowest BCUT2D eigenvalue weighted by atomic mass is 9.96. The number of carbonyl (C=O) groups excluding carboxylic acids is 1. The van der Waals surface area contributed by atoms with Gasteiger partial charge in [0, 0.05) is 13.5 Å². The summed E-state index contributed by atoms with van der Waals surface area (Å²) >= 11 is 0. The Balaban J connectivity index is 2.35. The molecule has 1 N–H and O–H groups in total. The summed E-state index contributed by atoms with van der Waals surface area (Å²) in [4.78, 5) is 16.6. The van der Waals surface area contributed by atoms with E-state index in [4.69, 9.17) is 4.84 Å². The Kier molecular flexibility index (Phi) is 5.46. The molecule has 5 heteroatoms. The van der Waals surface area contributed by atoms with Gasteiger partial charge in [-0.2, -0.15) is 0 Å². The van der Waals surface area contributed by atoms with E-state index in [9.17, 15) is 9.18 Å². The van der Waals surface area contributed by atoms with Crippen molar-refractivity contribution in [3.05, 3.63) is 59.4 Å². The number of benzene rings is 2. The Morgan fingerprint density at radius 2 is 1.83 bits per heavy atom. The maximum atomic E-state index is 13.1. The molecule has 0 saturated carbocycles. The van der Waals surface area contributed by atoms with E-state index in [1.165, 1.54) is 19.2 Å². The highest BCUT2D eigenvalue weighted by Gasteiger charge is 2.13. The van der Waals surface area contributed by atoms with Crippen molar-refractivity contribution >= 4 is 11.6 Å². The molecule has 120 valence electrons. The van der Waals surface area contributed by atoms with Gasteiger partial charge in [-0.05, 0) is 41.3 Å². The second-order valence-electron chi connectivity index (χ2n) is 5.12. The van der Waals surface area contributed by atoms with Crippen molar-refractivity contribution in [2.24, 2.45) is 5.16 Å². The first kappa shape index (κ1) is 16.7. The summed E-state index contributed by atoms with van der Waals surface area (Å²) in [6, 6.07) is 12.2. The minimum absolute atomic E-state index is 0.268. The topological polar surface area (TPSA) is 50.7 Å². The van der Waals surface area contributed by atoms with E-state index in [1.807, 2.05) is 25.1 Å². The minimum Gasteiger partial charge on any atom is -0.399 e. The number of halogens is 1. The second-order valence-corrected chi connectivity index (χ2v) is 5.12. The van der Waals surface area contributed by atoms with Crippen LogP contribution in [0.5, 0.6) is 0 Å². The van der Waals surface area contributed by atoms with Crippen LogP contribution in [-0.2, 0) is 16.1 Å². The van der Waals surface area contributed by atoms with Crippen LogP contribution in [0.25, 0.3) is 11.1 Å². The van der Waals surface area contributed by atoms with Crippen molar-refractivity contribution in [3.63, 3.8) is 0 Å². The fourth-order valence-electron chi connectivity index (χ4n) is 2.27. The molecule has 0 aliphatic carbocycles. The lowest BCUT2D eigenvalue weighted by Gasteiger charge is -2.10. The predicted molar refractivity (Wildman–Crippen MR) is 88.8 cm³/mol. The molecule has 0 unspecified atom stereocenters. The van der Waals surface area contributed by atoms with Crippen LogP contribution in [0.4, 0.5) is 4.39 Å². The molecule has 23 heavy (non-hydrogen) atoms. The van der Waals surface area contributed by atoms with Crippen LogP contribution >= 0.6 is 0 Å². The van der Waals surface area contributed by atoms with Gasteiger partial charge in [0.15, 0.2) is 0 Å². The quantitative estimate of drug-likeness (QED) is 0.681. The summed E-state index contributed by atoms with van der Waals surface area (Å²) in [5.41, 5.74) is 4.18. The summed E-state index contributed by atoms with van der Waals surface area (Å²) in [7, 11) is 2.96. The summed E-state index contributed by atoms with van der Waals surface area (Å²) in [5, 5.41) is 6.35. The molecule has 0 spiro atoms. The number of hydrogen-bond acceptors (Lipinski definition) is 3. The second kappa shape index (κ2) is 7.54. The molecule has 4 nitrogen and oxygen atoms in total. The number of rotatable bonds is 5. The molecule has 0 heterocycles. The third-order valence-corrected chi connectivity index (χ3v) is 3.58. The predicted octanol–water partition coefficient (Wildman–Crippen LogP) is 3.09. The van der Waals surface area contributed by atoms with Crippen molar-refractivity contribution in [3.8, 4) is 11.1 Å². The Hall–Kier alpha value is -2.69. The summed E-state index contributed by atoms with van der Waals surface area (Å²) in [6.07, 6.45) is 0.356. The molecule has 0 saturated heterocycles. The molecule has 0 atom stereocenters. The molecule has 1 amide bonds. The maximum absolute atomic E-state index is 13.1. The van der Waals surface area contributed by atoms with Crippen LogP contribution in [0, 0.1) is 12.7 Å². The van der Waals surface area contributed by atoms with E-state index >= 15 is 0 Å². The highest BCUT2D eigenvalue weighted by atomic mass is 19.1. The molecule has 0 radical (unpaired) electrons. The van der Waals surface area contributed by atoms with Gasteiger partial charge < -0.3 is 10.2 Å². The molecule has 2 aromatic rings. The number of aryl methyl sites for hydroxylation is 1. The number of carbonyl (C=O) groups is 1. The molecular formula is C18H19FN2O2. The van der Waals surface area contributed by atoms with Gasteiger partial charge in [0.2, 0.25) is 0 Å². The van der Waals surface area contributed by atoms with Crippen molar-refractivity contribution < 1.29 is 14.0 Å². The molecule has 0 bridgehead atoms. The lowest BCUT2D eigenvalue weighted by molar-refractivity contribution is -0.114. The van der Waals surface area contributed by atoms with Crippen LogP contribution in [0.1, 0.15) is 11.1 Å². The van der Waals surface area contributed by atoms with Gasteiger partial charge in [-0.25, -0.2) is 4.39 Å². The minimum atomic E-state index is -0.279. The SMILES string of the molecule is CNC(=O)C(Cc1cc(-c2ccc(F)cc2)ccc1C)=NOC. The molecule has 0 aliphatic heterocycles. The first-order chi connectivity index (χ1) is 11.0. The average molecular weight is 314 g/mol. The Labute approximate surface area is 135 Å². The Bertz CT molecular complexity index is 724. The van der Waals surface area contributed by atoms with Gasteiger partial charge in [-0.1, -0.05) is 35.5 Å². The number of amides is 1. The van der Waals surface area contributed by atoms with Gasteiger partial charge in [0.1, 0.15) is 18.6 Å². The largest absolute Gasteiger partial charge is 0.399 e. The van der Waals surface area contributed by atoms with Crippen LogP contribution in [0.3, 0.4) is 0 Å². The first-order valence-electron chi connectivity index (χ1n) is 7.22. The number of oxime groups is 1. The number of nitrogens with zero attached hydrogens (tertiary/aromatic N) is 1. The third-order valence-electron chi connectivity index (χ3n) is 3.58. The fourth-order valence-corrected chi connectivity index (χ4v) is 2.27. The molecular weight excluding hydrogens is 295 g/mol. The Morgan fingerprint density at radius 3 is 2.43 bits per heavy atom. The summed E-state index contributed by atoms with van der Waals surface area (Å²) in [6.45, 7) is 1.97. The highest BCUT2D eigenvalue weighted by molar-refractivity contribution is 6.39. The van der Waals surface area contributed by atoms with Crippen LogP contribution in [0.2, 0.25) is 0 Å². The van der Waals surface area contributed by atoms with E-state index in [-0.39, 0.29) is 11.7 Å². The third kappa shape index (κ3) is 4.16. The lowest BCUT2D eigenvalue weighted by Crippen LogP contribution is -2.29. The van der Waals surface area contributed by atoms with E-state index in [1.54, 1.807) is 19.2 Å². The normalized spacial score (nSPS) is 11.2. The monoisotopic (exact) mass is 314 g/mol. The molecule has 0 fully saturated rings. The van der Waals surface area contributed by atoms with Crippen molar-refractivity contribution in [2.45, 2.75) is 13.3 Å². The summed E-state index contributed by atoms with van der Waals surface area (Å²) in [5.74, 6) is -0.548. The van der Waals surface area contributed by atoms with Gasteiger partial charge in [0.25, 0.3) is 5.91 Å². The van der Waals surface area contributed by atoms with E-state index in [2.05, 4.69) is 10.5 Å². The zero-order valence-corrected chi connectivity index (χ0v) is 13.4. The van der Waals surface area contributed by atoms with E-state index < -0.39 is 0 Å². The number of nitrogens with one attached hydrogen (secondary N) is 1. The van der Waals surface area contributed by atoms with Crippen LogP contribution < -0.4 is 5.32 Å². The van der Waals surface area contributed by atoms with Gasteiger partial charge in [0.05, 0.1) is 0 Å². The smallest absolute Gasteiger partial charge is 0.269 e. The average Bonchev–Trinajstić information content (AvgIpc) is 2.56. The van der Waals surface area contributed by atoms with Crippen molar-refractivity contribution in [1.82, 2.24) is 5.32 Å². The van der Waals surface area contributed by atoms with E-state index in [0.29, 0.717) is 12.1 Å². The summed E-state index contributed by atoms with van der Waals surface area (Å²) < 4.78 is 13.1. The van der Waals surface area contributed by atoms with Gasteiger partial charge in [-0.15, -0.1) is 0 Å². The zero-order chi connectivity index (χ0) is 16.8. The van der Waals surface area contributed by atoms with E-state index in [0.717, 1.165) is 22.3 Å². The van der Waals surface area contributed by atoms with Gasteiger partial charge in [-0.3, -0.25) is 4.79 Å². The molecule has 2 rings (SSSR count). The molecule has 0 aromatic heterocycles. The van der Waals surface area contributed by atoms with Crippen molar-refractivity contribution in [1.29, 1.82) is 0 Å². The zero-order valence-electron chi connectivity index (χ0n) is 13.4. The van der Waals surface area contributed by atoms with Crippen LogP contribution in [-0.4, -0.2) is 25.8 Å². The first-order valence-corrected chi connectivity index (χ1v) is 7.22. The van der Waals surface area contributed by atoms with Gasteiger partial charge >= 0.3 is 0 Å². The van der Waals surface area contributed by atoms with Crippen LogP contribution in [0.15, 0.2) is 47.6 Å². The number of hydrogen-bond donors (Lipinski definition) is 1. The highest BCUT2D eigenvalue weighted by Crippen LogP contribution is 2.23. The van der Waals surface area contributed by atoms with Crippen molar-refractivity contribution in [2.75, 3.05) is 14.2 Å². The Morgan fingerprint density at radius 1 is 1.17 bits per heavy atom. The molecule has 2 aromatic carbocycles.